The van der Waals surface area contributed by atoms with Crippen molar-refractivity contribution in [1.29, 1.82) is 5.41 Å². The number of amidine groups is 1. The molecule has 0 bridgehead atoms. The third-order valence-electron chi connectivity index (χ3n) is 2.99. The van der Waals surface area contributed by atoms with Crippen LogP contribution in [0.15, 0.2) is 46.9 Å². The number of rotatable bonds is 4. The van der Waals surface area contributed by atoms with Gasteiger partial charge in [-0.2, -0.15) is 0 Å². The number of nitrogens with one attached hydrogen (secondary N) is 1. The average Bonchev–Trinajstić information content (AvgIpc) is 2.41. The molecule has 2 aromatic carbocycles. The zero-order valence-electron chi connectivity index (χ0n) is 11.5. The number of nitrogens with two attached hydrogens (primary N) is 1. The maximum Gasteiger partial charge on any atom is 0.138 e. The van der Waals surface area contributed by atoms with Crippen molar-refractivity contribution in [2.75, 3.05) is 0 Å². The molecule has 0 radical (unpaired) electrons. The molecule has 3 nitrogen and oxygen atoms in total. The summed E-state index contributed by atoms with van der Waals surface area (Å²) >= 11 is 3.48. The summed E-state index contributed by atoms with van der Waals surface area (Å²) < 4.78 is 7.00. The Bertz CT molecular complexity index is 638. The minimum Gasteiger partial charge on any atom is -0.456 e. The molecule has 0 amide bonds. The van der Waals surface area contributed by atoms with Gasteiger partial charge in [0.15, 0.2) is 0 Å². The van der Waals surface area contributed by atoms with Crippen molar-refractivity contribution in [2.45, 2.75) is 19.8 Å². The number of nitrogen functional groups attached to an aromatic ring is 1. The first-order chi connectivity index (χ1) is 9.49. The Kier molecular flexibility index (Phi) is 4.45. The molecule has 0 spiro atoms. The van der Waals surface area contributed by atoms with Crippen molar-refractivity contribution in [1.82, 2.24) is 0 Å². The van der Waals surface area contributed by atoms with Crippen LogP contribution < -0.4 is 10.5 Å². The van der Waals surface area contributed by atoms with Crippen LogP contribution in [0.2, 0.25) is 0 Å². The molecule has 2 aromatic rings. The van der Waals surface area contributed by atoms with Crippen LogP contribution in [0.1, 0.15) is 30.9 Å². The van der Waals surface area contributed by atoms with Gasteiger partial charge in [-0.15, -0.1) is 0 Å². The van der Waals surface area contributed by atoms with Gasteiger partial charge in [0, 0.05) is 4.47 Å². The minimum atomic E-state index is 0.00353. The van der Waals surface area contributed by atoms with Gasteiger partial charge in [-0.1, -0.05) is 41.9 Å². The molecule has 0 unspecified atom stereocenters. The van der Waals surface area contributed by atoms with Crippen LogP contribution in [-0.2, 0) is 0 Å². The van der Waals surface area contributed by atoms with E-state index in [4.69, 9.17) is 15.9 Å². The third-order valence-corrected chi connectivity index (χ3v) is 3.48. The van der Waals surface area contributed by atoms with Gasteiger partial charge in [0.2, 0.25) is 0 Å². The van der Waals surface area contributed by atoms with E-state index in [0.717, 1.165) is 15.8 Å². The summed E-state index contributed by atoms with van der Waals surface area (Å²) in [4.78, 5) is 0. The van der Waals surface area contributed by atoms with Crippen molar-refractivity contribution >= 4 is 21.8 Å². The zero-order valence-corrected chi connectivity index (χ0v) is 13.1. The second-order valence-corrected chi connectivity index (χ2v) is 5.76. The molecule has 0 atom stereocenters. The predicted octanol–water partition coefficient (Wildman–Crippen LogP) is 4.65. The molecule has 0 saturated heterocycles. The maximum absolute atomic E-state index is 7.60. The van der Waals surface area contributed by atoms with Crippen LogP contribution in [0.3, 0.4) is 0 Å². The van der Waals surface area contributed by atoms with Crippen LogP contribution in [0.4, 0.5) is 0 Å². The first-order valence-electron chi connectivity index (χ1n) is 6.39. The molecule has 4 heteroatoms. The Morgan fingerprint density at radius 2 is 1.85 bits per heavy atom. The number of halogens is 1. The molecule has 0 aliphatic carbocycles. The molecular formula is C16H17BrN2O. The van der Waals surface area contributed by atoms with Gasteiger partial charge in [0.05, 0.1) is 5.56 Å². The van der Waals surface area contributed by atoms with Gasteiger partial charge < -0.3 is 10.5 Å². The molecule has 2 rings (SSSR count). The van der Waals surface area contributed by atoms with Gasteiger partial charge in [0.1, 0.15) is 17.3 Å². The van der Waals surface area contributed by atoms with Gasteiger partial charge in [-0.05, 0) is 41.8 Å². The lowest BCUT2D eigenvalue weighted by atomic mass is 10.0. The van der Waals surface area contributed by atoms with Crippen LogP contribution in [-0.4, -0.2) is 5.84 Å². The molecular weight excluding hydrogens is 316 g/mol. The van der Waals surface area contributed by atoms with E-state index in [0.29, 0.717) is 17.2 Å². The standard InChI is InChI=1S/C16H17BrN2O/c1-10(2)13-9-11(17)7-8-15(13)20-14-6-4-3-5-12(14)16(18)19/h3-10H,1-2H3,(H3,18,19). The topological polar surface area (TPSA) is 59.1 Å². The summed E-state index contributed by atoms with van der Waals surface area (Å²) in [6.45, 7) is 4.23. The quantitative estimate of drug-likeness (QED) is 0.632. The summed E-state index contributed by atoms with van der Waals surface area (Å²) in [5, 5.41) is 7.60. The van der Waals surface area contributed by atoms with Gasteiger partial charge in [-0.3, -0.25) is 5.41 Å². The Balaban J connectivity index is 2.43. The Labute approximate surface area is 127 Å². The normalized spacial score (nSPS) is 10.6. The van der Waals surface area contributed by atoms with Crippen LogP contribution in [0, 0.1) is 5.41 Å². The SMILES string of the molecule is CC(C)c1cc(Br)ccc1Oc1ccccc1C(=N)N. The first-order valence-corrected chi connectivity index (χ1v) is 7.19. The van der Waals surface area contributed by atoms with Crippen LogP contribution >= 0.6 is 15.9 Å². The lowest BCUT2D eigenvalue weighted by Crippen LogP contribution is -2.12. The highest BCUT2D eigenvalue weighted by Gasteiger charge is 2.12. The van der Waals surface area contributed by atoms with Crippen molar-refractivity contribution < 1.29 is 4.74 Å². The molecule has 104 valence electrons. The molecule has 0 heterocycles. The molecule has 0 aliphatic rings. The van der Waals surface area contributed by atoms with Crippen molar-refractivity contribution in [2.24, 2.45) is 5.73 Å². The largest absolute Gasteiger partial charge is 0.456 e. The summed E-state index contributed by atoms with van der Waals surface area (Å²) in [5.74, 6) is 1.73. The molecule has 20 heavy (non-hydrogen) atoms. The number of hydrogen-bond acceptors (Lipinski definition) is 2. The van der Waals surface area contributed by atoms with E-state index >= 15 is 0 Å². The number of para-hydroxylation sites is 1. The highest BCUT2D eigenvalue weighted by molar-refractivity contribution is 9.10. The predicted molar refractivity (Wildman–Crippen MR) is 85.8 cm³/mol. The Morgan fingerprint density at radius 3 is 2.50 bits per heavy atom. The Morgan fingerprint density at radius 1 is 1.15 bits per heavy atom. The maximum atomic E-state index is 7.60. The summed E-state index contributed by atoms with van der Waals surface area (Å²) in [7, 11) is 0. The lowest BCUT2D eigenvalue weighted by Gasteiger charge is -2.16. The van der Waals surface area contributed by atoms with E-state index in [9.17, 15) is 0 Å². The fraction of sp³-hybridized carbons (Fsp3) is 0.188. The number of hydrogen-bond donors (Lipinski definition) is 2. The van der Waals surface area contributed by atoms with E-state index < -0.39 is 0 Å². The smallest absolute Gasteiger partial charge is 0.138 e. The molecule has 0 aliphatic heterocycles. The molecule has 0 saturated carbocycles. The average molecular weight is 333 g/mol. The van der Waals surface area contributed by atoms with E-state index in [-0.39, 0.29) is 5.84 Å². The van der Waals surface area contributed by atoms with Gasteiger partial charge in [-0.25, -0.2) is 0 Å². The lowest BCUT2D eigenvalue weighted by molar-refractivity contribution is 0.472. The monoisotopic (exact) mass is 332 g/mol. The van der Waals surface area contributed by atoms with E-state index in [1.165, 1.54) is 0 Å². The van der Waals surface area contributed by atoms with Gasteiger partial charge >= 0.3 is 0 Å². The van der Waals surface area contributed by atoms with Crippen molar-refractivity contribution in [3.05, 3.63) is 58.1 Å². The number of ether oxygens (including phenoxy) is 1. The third kappa shape index (κ3) is 3.20. The fourth-order valence-corrected chi connectivity index (χ4v) is 2.34. The Hall–Kier alpha value is -1.81. The zero-order chi connectivity index (χ0) is 14.7. The number of benzene rings is 2. The summed E-state index contributed by atoms with van der Waals surface area (Å²) in [5.41, 5.74) is 7.30. The van der Waals surface area contributed by atoms with E-state index in [1.54, 1.807) is 6.07 Å². The van der Waals surface area contributed by atoms with Crippen LogP contribution in [0.5, 0.6) is 11.5 Å². The second-order valence-electron chi connectivity index (χ2n) is 4.85. The molecule has 0 fully saturated rings. The van der Waals surface area contributed by atoms with E-state index in [1.807, 2.05) is 30.3 Å². The van der Waals surface area contributed by atoms with Crippen molar-refractivity contribution in [3.8, 4) is 11.5 Å². The van der Waals surface area contributed by atoms with Crippen LogP contribution in [0.25, 0.3) is 0 Å². The molecule has 3 N–H and O–H groups in total. The summed E-state index contributed by atoms with van der Waals surface area (Å²) in [6, 6.07) is 13.2. The van der Waals surface area contributed by atoms with Crippen molar-refractivity contribution in [3.63, 3.8) is 0 Å². The highest BCUT2D eigenvalue weighted by atomic mass is 79.9. The van der Waals surface area contributed by atoms with Gasteiger partial charge in [0.25, 0.3) is 0 Å². The second kappa shape index (κ2) is 6.09. The fourth-order valence-electron chi connectivity index (χ4n) is 1.96. The minimum absolute atomic E-state index is 0.00353. The first kappa shape index (κ1) is 14.6. The summed E-state index contributed by atoms with van der Waals surface area (Å²) in [6.07, 6.45) is 0. The highest BCUT2D eigenvalue weighted by Crippen LogP contribution is 2.33. The van der Waals surface area contributed by atoms with E-state index in [2.05, 4.69) is 35.8 Å². The molecule has 0 aromatic heterocycles.